The molecule has 2 N–H and O–H groups in total. The lowest BCUT2D eigenvalue weighted by Crippen LogP contribution is -2.70. The molecule has 0 amide bonds. The SMILES string of the molecule is CC(C)C1(N)CN(CC2CCCCO2)C1. The van der Waals surface area contributed by atoms with Crippen LogP contribution in [0.4, 0.5) is 0 Å². The number of hydrogen-bond donors (Lipinski definition) is 1. The summed E-state index contributed by atoms with van der Waals surface area (Å²) in [5.74, 6) is 0.584. The third-order valence-electron chi connectivity index (χ3n) is 3.92. The van der Waals surface area contributed by atoms with Crippen molar-refractivity contribution in [1.29, 1.82) is 0 Å². The van der Waals surface area contributed by atoms with E-state index >= 15 is 0 Å². The molecular weight excluding hydrogens is 188 g/mol. The molecule has 0 saturated carbocycles. The lowest BCUT2D eigenvalue weighted by atomic mass is 9.80. The molecule has 15 heavy (non-hydrogen) atoms. The smallest absolute Gasteiger partial charge is 0.0702 e. The minimum atomic E-state index is 0.0642. The minimum Gasteiger partial charge on any atom is -0.377 e. The van der Waals surface area contributed by atoms with Crippen molar-refractivity contribution in [3.63, 3.8) is 0 Å². The van der Waals surface area contributed by atoms with Crippen LogP contribution in [0.5, 0.6) is 0 Å². The van der Waals surface area contributed by atoms with Crippen LogP contribution >= 0.6 is 0 Å². The minimum absolute atomic E-state index is 0.0642. The highest BCUT2D eigenvalue weighted by Crippen LogP contribution is 2.27. The Balaban J connectivity index is 1.70. The van der Waals surface area contributed by atoms with Gasteiger partial charge in [0, 0.05) is 31.8 Å². The average molecular weight is 212 g/mol. The molecule has 2 heterocycles. The van der Waals surface area contributed by atoms with Crippen LogP contribution in [0.3, 0.4) is 0 Å². The molecule has 1 unspecified atom stereocenters. The molecule has 2 fully saturated rings. The maximum absolute atomic E-state index is 6.26. The maximum Gasteiger partial charge on any atom is 0.0702 e. The van der Waals surface area contributed by atoms with Gasteiger partial charge in [0.2, 0.25) is 0 Å². The zero-order chi connectivity index (χ0) is 10.9. The van der Waals surface area contributed by atoms with Crippen LogP contribution in [0.15, 0.2) is 0 Å². The van der Waals surface area contributed by atoms with Crippen LogP contribution in [0.2, 0.25) is 0 Å². The van der Waals surface area contributed by atoms with Crippen LogP contribution in [0.25, 0.3) is 0 Å². The van der Waals surface area contributed by atoms with Crippen molar-refractivity contribution in [2.45, 2.75) is 44.8 Å². The second-order valence-electron chi connectivity index (χ2n) is 5.55. The van der Waals surface area contributed by atoms with Crippen molar-refractivity contribution >= 4 is 0 Å². The fourth-order valence-corrected chi connectivity index (χ4v) is 2.52. The Morgan fingerprint density at radius 2 is 2.13 bits per heavy atom. The van der Waals surface area contributed by atoms with Crippen LogP contribution in [0.1, 0.15) is 33.1 Å². The molecule has 0 aromatic heterocycles. The van der Waals surface area contributed by atoms with Crippen LogP contribution in [0, 0.1) is 5.92 Å². The Morgan fingerprint density at radius 3 is 2.67 bits per heavy atom. The maximum atomic E-state index is 6.26. The molecular formula is C12H24N2O. The third-order valence-corrected chi connectivity index (χ3v) is 3.92. The summed E-state index contributed by atoms with van der Waals surface area (Å²) in [4.78, 5) is 2.44. The van der Waals surface area contributed by atoms with Gasteiger partial charge in [-0.1, -0.05) is 13.8 Å². The predicted octanol–water partition coefficient (Wildman–Crippen LogP) is 1.22. The highest BCUT2D eigenvalue weighted by Gasteiger charge is 2.42. The van der Waals surface area contributed by atoms with Crippen molar-refractivity contribution in [3.05, 3.63) is 0 Å². The van der Waals surface area contributed by atoms with E-state index < -0.39 is 0 Å². The van der Waals surface area contributed by atoms with Crippen molar-refractivity contribution in [3.8, 4) is 0 Å². The standard InChI is InChI=1S/C12H24N2O/c1-10(2)12(13)8-14(9-12)7-11-5-3-4-6-15-11/h10-11H,3-9,13H2,1-2H3. The summed E-state index contributed by atoms with van der Waals surface area (Å²) >= 11 is 0. The van der Waals surface area contributed by atoms with E-state index in [1.54, 1.807) is 0 Å². The average Bonchev–Trinajstić information content (AvgIpc) is 2.16. The zero-order valence-corrected chi connectivity index (χ0v) is 10.0. The summed E-state index contributed by atoms with van der Waals surface area (Å²) in [6, 6.07) is 0. The molecule has 2 aliphatic heterocycles. The number of rotatable bonds is 3. The summed E-state index contributed by atoms with van der Waals surface area (Å²) in [6.45, 7) is 8.57. The Kier molecular flexibility index (Phi) is 3.33. The van der Waals surface area contributed by atoms with Gasteiger partial charge in [-0.3, -0.25) is 4.90 Å². The summed E-state index contributed by atoms with van der Waals surface area (Å²) < 4.78 is 5.73. The second-order valence-corrected chi connectivity index (χ2v) is 5.55. The molecule has 0 aromatic carbocycles. The third kappa shape index (κ3) is 2.52. The summed E-state index contributed by atoms with van der Waals surface area (Å²) in [5, 5.41) is 0. The van der Waals surface area contributed by atoms with Crippen molar-refractivity contribution in [2.75, 3.05) is 26.2 Å². The molecule has 1 atom stereocenters. The molecule has 0 aromatic rings. The first kappa shape index (κ1) is 11.4. The second kappa shape index (κ2) is 4.40. The Bertz CT molecular complexity index is 206. The first-order valence-electron chi connectivity index (χ1n) is 6.23. The van der Waals surface area contributed by atoms with Crippen LogP contribution < -0.4 is 5.73 Å². The van der Waals surface area contributed by atoms with Gasteiger partial charge in [-0.15, -0.1) is 0 Å². The molecule has 88 valence electrons. The summed E-state index contributed by atoms with van der Waals surface area (Å²) in [5.41, 5.74) is 6.32. The molecule has 0 radical (unpaired) electrons. The van der Waals surface area contributed by atoms with Gasteiger partial charge in [-0.2, -0.15) is 0 Å². The van der Waals surface area contributed by atoms with Gasteiger partial charge in [0.25, 0.3) is 0 Å². The van der Waals surface area contributed by atoms with E-state index in [1.165, 1.54) is 19.3 Å². The van der Waals surface area contributed by atoms with E-state index in [1.807, 2.05) is 0 Å². The molecule has 0 spiro atoms. The first-order valence-corrected chi connectivity index (χ1v) is 6.23. The van der Waals surface area contributed by atoms with Gasteiger partial charge in [-0.05, 0) is 25.2 Å². The number of nitrogens with zero attached hydrogens (tertiary/aromatic N) is 1. The fourth-order valence-electron chi connectivity index (χ4n) is 2.52. The highest BCUT2D eigenvalue weighted by molar-refractivity contribution is 5.02. The molecule has 2 saturated heterocycles. The molecule has 0 bridgehead atoms. The molecule has 3 heteroatoms. The quantitative estimate of drug-likeness (QED) is 0.764. The van der Waals surface area contributed by atoms with Gasteiger partial charge >= 0.3 is 0 Å². The first-order chi connectivity index (χ1) is 7.10. The number of hydrogen-bond acceptors (Lipinski definition) is 3. The predicted molar refractivity (Wildman–Crippen MR) is 61.8 cm³/mol. The molecule has 0 aliphatic carbocycles. The van der Waals surface area contributed by atoms with E-state index in [0.29, 0.717) is 12.0 Å². The molecule has 2 aliphatic rings. The van der Waals surface area contributed by atoms with Gasteiger partial charge < -0.3 is 10.5 Å². The summed E-state index contributed by atoms with van der Waals surface area (Å²) in [6.07, 6.45) is 4.27. The topological polar surface area (TPSA) is 38.5 Å². The Hall–Kier alpha value is -0.120. The zero-order valence-electron chi connectivity index (χ0n) is 10.0. The number of nitrogens with two attached hydrogens (primary N) is 1. The fraction of sp³-hybridized carbons (Fsp3) is 1.00. The van der Waals surface area contributed by atoms with Gasteiger partial charge in [-0.25, -0.2) is 0 Å². The normalized spacial score (nSPS) is 31.6. The lowest BCUT2D eigenvalue weighted by Gasteiger charge is -2.51. The van der Waals surface area contributed by atoms with E-state index in [-0.39, 0.29) is 5.54 Å². The van der Waals surface area contributed by atoms with Gasteiger partial charge in [0.15, 0.2) is 0 Å². The highest BCUT2D eigenvalue weighted by atomic mass is 16.5. The van der Waals surface area contributed by atoms with Crippen LogP contribution in [-0.2, 0) is 4.74 Å². The van der Waals surface area contributed by atoms with E-state index in [0.717, 1.165) is 26.2 Å². The molecule has 3 nitrogen and oxygen atoms in total. The van der Waals surface area contributed by atoms with Gasteiger partial charge in [0.05, 0.1) is 6.10 Å². The van der Waals surface area contributed by atoms with Crippen molar-refractivity contribution in [2.24, 2.45) is 11.7 Å². The Morgan fingerprint density at radius 1 is 1.40 bits per heavy atom. The van der Waals surface area contributed by atoms with Gasteiger partial charge in [0.1, 0.15) is 0 Å². The van der Waals surface area contributed by atoms with Crippen molar-refractivity contribution < 1.29 is 4.74 Å². The Labute approximate surface area is 93.0 Å². The largest absolute Gasteiger partial charge is 0.377 e. The lowest BCUT2D eigenvalue weighted by molar-refractivity contribution is -0.0445. The van der Waals surface area contributed by atoms with Crippen molar-refractivity contribution in [1.82, 2.24) is 4.90 Å². The van der Waals surface area contributed by atoms with E-state index in [9.17, 15) is 0 Å². The number of ether oxygens (including phenoxy) is 1. The van der Waals surface area contributed by atoms with E-state index in [2.05, 4.69) is 18.7 Å². The number of likely N-dealkylation sites (tertiary alicyclic amines) is 1. The van der Waals surface area contributed by atoms with Crippen LogP contribution in [-0.4, -0.2) is 42.8 Å². The summed E-state index contributed by atoms with van der Waals surface area (Å²) in [7, 11) is 0. The molecule has 2 rings (SSSR count). The van der Waals surface area contributed by atoms with E-state index in [4.69, 9.17) is 10.5 Å². The monoisotopic (exact) mass is 212 g/mol.